The van der Waals surface area contributed by atoms with Crippen molar-refractivity contribution < 1.29 is 42.9 Å². The number of fused-ring (bicyclic) bond motifs is 1. The lowest BCUT2D eigenvalue weighted by molar-refractivity contribution is -0.136. The van der Waals surface area contributed by atoms with E-state index in [-0.39, 0.29) is 42.0 Å². The summed E-state index contributed by atoms with van der Waals surface area (Å²) in [5.41, 5.74) is 0.405. The van der Waals surface area contributed by atoms with Gasteiger partial charge >= 0.3 is 0 Å². The number of benzene rings is 1. The van der Waals surface area contributed by atoms with Gasteiger partial charge in [0.25, 0.3) is 11.8 Å². The number of amides is 5. The molecule has 0 bridgehead atoms. The van der Waals surface area contributed by atoms with Crippen LogP contribution in [0.5, 0.6) is 0 Å². The predicted octanol–water partition coefficient (Wildman–Crippen LogP) is 1.89. The van der Waals surface area contributed by atoms with Gasteiger partial charge < -0.3 is 24.3 Å². The molecule has 1 fully saturated rings. The summed E-state index contributed by atoms with van der Waals surface area (Å²) in [7, 11) is 0. The normalized spacial score (nSPS) is 16.8. The third-order valence-electron chi connectivity index (χ3n) is 6.27. The summed E-state index contributed by atoms with van der Waals surface area (Å²) in [6.07, 6.45) is 2.53. The van der Waals surface area contributed by atoms with Crippen LogP contribution in [-0.2, 0) is 33.3 Å². The second-order valence-corrected chi connectivity index (χ2v) is 9.55. The molecule has 5 amide bonds. The summed E-state index contributed by atoms with van der Waals surface area (Å²) in [4.78, 5) is 63.1. The van der Waals surface area contributed by atoms with Crippen molar-refractivity contribution >= 4 is 46.8 Å². The second kappa shape index (κ2) is 17.0. The van der Waals surface area contributed by atoms with E-state index in [2.05, 4.69) is 10.6 Å². The highest BCUT2D eigenvalue weighted by Crippen LogP contribution is 2.32. The first-order valence-corrected chi connectivity index (χ1v) is 14.0. The van der Waals surface area contributed by atoms with E-state index in [1.165, 1.54) is 6.07 Å². The zero-order chi connectivity index (χ0) is 28.7. The molecule has 0 saturated carbocycles. The molecule has 0 radical (unpaired) electrons. The van der Waals surface area contributed by atoms with Gasteiger partial charge in [-0.05, 0) is 31.4 Å². The van der Waals surface area contributed by atoms with Gasteiger partial charge in [0.15, 0.2) is 0 Å². The Morgan fingerprint density at radius 2 is 1.52 bits per heavy atom. The topological polar surface area (TPSA) is 150 Å². The first kappa shape index (κ1) is 31.6. The fourth-order valence-electron chi connectivity index (χ4n) is 4.31. The smallest absolute Gasteiger partial charge is 0.264 e. The summed E-state index contributed by atoms with van der Waals surface area (Å²) in [6, 6.07) is 3.54. The lowest BCUT2D eigenvalue weighted by atomic mass is 10.0. The number of hydrogen-bond donors (Lipinski definition) is 2. The van der Waals surface area contributed by atoms with Crippen LogP contribution >= 0.6 is 11.6 Å². The maximum Gasteiger partial charge on any atom is 0.264 e. The van der Waals surface area contributed by atoms with Crippen LogP contribution < -0.4 is 10.6 Å². The number of carbonyl (C=O) groups excluding carboxylic acids is 5. The number of nitrogens with one attached hydrogen (secondary N) is 2. The molecule has 1 unspecified atom stereocenters. The van der Waals surface area contributed by atoms with E-state index in [9.17, 15) is 24.0 Å². The van der Waals surface area contributed by atoms with Crippen molar-refractivity contribution in [2.24, 2.45) is 0 Å². The number of piperidine rings is 1. The number of ether oxygens (including phenoxy) is 4. The molecule has 12 nitrogen and oxygen atoms in total. The largest absolute Gasteiger partial charge is 0.379 e. The van der Waals surface area contributed by atoms with Crippen molar-refractivity contribution in [3.05, 3.63) is 29.3 Å². The Kier molecular flexibility index (Phi) is 13.5. The minimum Gasteiger partial charge on any atom is -0.379 e. The fourth-order valence-corrected chi connectivity index (χ4v) is 4.42. The summed E-state index contributed by atoms with van der Waals surface area (Å²) < 4.78 is 21.5. The molecule has 1 aromatic rings. The van der Waals surface area contributed by atoms with Crippen LogP contribution in [0.25, 0.3) is 0 Å². The number of carbonyl (C=O) groups is 5. The number of anilines is 1. The Morgan fingerprint density at radius 1 is 0.875 bits per heavy atom. The molecular formula is C27H36ClN3O9. The molecule has 0 aromatic heterocycles. The number of nitrogens with zero attached hydrogens (tertiary/aromatic N) is 1. The van der Waals surface area contributed by atoms with E-state index in [4.69, 9.17) is 30.5 Å². The molecule has 2 aliphatic rings. The molecule has 1 atom stereocenters. The predicted molar refractivity (Wildman–Crippen MR) is 144 cm³/mol. The number of rotatable bonds is 19. The van der Waals surface area contributed by atoms with Crippen LogP contribution in [0.1, 0.15) is 59.2 Å². The van der Waals surface area contributed by atoms with Crippen LogP contribution in [0.4, 0.5) is 5.69 Å². The molecule has 3 rings (SSSR count). The molecule has 0 spiro atoms. The Morgan fingerprint density at radius 3 is 2.17 bits per heavy atom. The number of halogens is 1. The van der Waals surface area contributed by atoms with Crippen LogP contribution in [0.15, 0.2) is 18.2 Å². The Balaban J connectivity index is 1.29. The van der Waals surface area contributed by atoms with Gasteiger partial charge in [0.1, 0.15) is 6.04 Å². The fraction of sp³-hybridized carbons (Fsp3) is 0.593. The monoisotopic (exact) mass is 581 g/mol. The van der Waals surface area contributed by atoms with E-state index in [0.717, 1.165) is 17.7 Å². The van der Waals surface area contributed by atoms with E-state index in [1.54, 1.807) is 12.1 Å². The molecule has 1 saturated heterocycles. The lowest BCUT2D eigenvalue weighted by Crippen LogP contribution is -2.54. The van der Waals surface area contributed by atoms with Crippen LogP contribution in [0.2, 0.25) is 0 Å². The van der Waals surface area contributed by atoms with Gasteiger partial charge in [0, 0.05) is 25.3 Å². The number of unbranched alkanes of at least 4 members (excludes halogenated alkanes) is 2. The van der Waals surface area contributed by atoms with Crippen molar-refractivity contribution in [1.29, 1.82) is 0 Å². The molecule has 0 aliphatic carbocycles. The lowest BCUT2D eigenvalue weighted by Gasteiger charge is -2.27. The molecular weight excluding hydrogens is 546 g/mol. The van der Waals surface area contributed by atoms with Crippen LogP contribution in [-0.4, -0.2) is 99.2 Å². The molecule has 2 aliphatic heterocycles. The summed E-state index contributed by atoms with van der Waals surface area (Å²) in [5.74, 6) is -2.21. The van der Waals surface area contributed by atoms with Gasteiger partial charge in [0.2, 0.25) is 17.7 Å². The number of alkyl halides is 1. The summed E-state index contributed by atoms with van der Waals surface area (Å²) in [6.45, 7) is 3.99. The van der Waals surface area contributed by atoms with Gasteiger partial charge in [-0.25, -0.2) is 0 Å². The average Bonchev–Trinajstić information content (AvgIpc) is 3.18. The quantitative estimate of drug-likeness (QED) is 0.142. The van der Waals surface area contributed by atoms with Crippen molar-refractivity contribution in [1.82, 2.24) is 10.2 Å². The van der Waals surface area contributed by atoms with Crippen molar-refractivity contribution in [2.75, 3.05) is 64.1 Å². The number of imide groups is 2. The molecule has 2 heterocycles. The Hall–Kier alpha value is -2.90. The first-order chi connectivity index (χ1) is 19.4. The second-order valence-electron chi connectivity index (χ2n) is 9.17. The van der Waals surface area contributed by atoms with Crippen molar-refractivity contribution in [2.45, 2.75) is 44.6 Å². The molecule has 40 heavy (non-hydrogen) atoms. The maximum absolute atomic E-state index is 13.1. The third kappa shape index (κ3) is 9.34. The molecule has 220 valence electrons. The molecule has 1 aromatic carbocycles. The highest BCUT2D eigenvalue weighted by atomic mass is 35.5. The zero-order valence-corrected chi connectivity index (χ0v) is 23.2. The van der Waals surface area contributed by atoms with Gasteiger partial charge in [-0.15, -0.1) is 11.6 Å². The highest BCUT2D eigenvalue weighted by Gasteiger charge is 2.45. The summed E-state index contributed by atoms with van der Waals surface area (Å²) in [5, 5.41) is 4.89. The van der Waals surface area contributed by atoms with E-state index >= 15 is 0 Å². The third-order valence-corrected chi connectivity index (χ3v) is 6.43. The van der Waals surface area contributed by atoms with E-state index in [0.29, 0.717) is 65.2 Å². The first-order valence-electron chi connectivity index (χ1n) is 13.5. The average molecular weight is 582 g/mol. The SMILES string of the molecule is O=C1CCC(N2C(=O)c3cccc(NC(=O)CCCCCOCCOCCOCCOCCCl)c3C2=O)C(=O)N1. The van der Waals surface area contributed by atoms with Crippen molar-refractivity contribution in [3.8, 4) is 0 Å². The van der Waals surface area contributed by atoms with E-state index in [1.807, 2.05) is 0 Å². The highest BCUT2D eigenvalue weighted by molar-refractivity contribution is 6.26. The van der Waals surface area contributed by atoms with Gasteiger partial charge in [-0.2, -0.15) is 0 Å². The maximum atomic E-state index is 13.1. The number of hydrogen-bond acceptors (Lipinski definition) is 9. The minimum atomic E-state index is -1.06. The molecule has 2 N–H and O–H groups in total. The van der Waals surface area contributed by atoms with Gasteiger partial charge in [0.05, 0.1) is 63.1 Å². The zero-order valence-electron chi connectivity index (χ0n) is 22.4. The van der Waals surface area contributed by atoms with Crippen molar-refractivity contribution in [3.63, 3.8) is 0 Å². The molecule has 13 heteroatoms. The Labute approximate surface area is 238 Å². The van der Waals surface area contributed by atoms with E-state index < -0.39 is 29.7 Å². The summed E-state index contributed by atoms with van der Waals surface area (Å²) >= 11 is 5.50. The standard InChI is InChI=1S/C27H36ClN3O9/c28-10-12-38-14-16-40-18-17-39-15-13-37-11-3-1-2-7-22(32)29-20-6-4-5-19-24(20)27(36)31(26(19)35)21-8-9-23(33)30-25(21)34/h4-6,21H,1-3,7-18H2,(H,29,32)(H,30,33,34). The minimum absolute atomic E-state index is 0.0363. The van der Waals surface area contributed by atoms with Gasteiger partial charge in [-0.1, -0.05) is 12.5 Å². The van der Waals surface area contributed by atoms with Crippen LogP contribution in [0, 0.1) is 0 Å². The van der Waals surface area contributed by atoms with Gasteiger partial charge in [-0.3, -0.25) is 34.2 Å². The van der Waals surface area contributed by atoms with Crippen LogP contribution in [0.3, 0.4) is 0 Å². The Bertz CT molecular complexity index is 1050.